The molecule has 2 aliphatic rings. The molecule has 0 saturated heterocycles. The van der Waals surface area contributed by atoms with Gasteiger partial charge in [0.1, 0.15) is 0 Å². The second-order valence-electron chi connectivity index (χ2n) is 5.42. The molecule has 2 N–H and O–H groups in total. The van der Waals surface area contributed by atoms with Crippen molar-refractivity contribution in [2.45, 2.75) is 31.8 Å². The number of nitrogens with one attached hydrogen (secondary N) is 1. The Balaban J connectivity index is 1.66. The summed E-state index contributed by atoms with van der Waals surface area (Å²) in [6, 6.07) is 5.94. The van der Waals surface area contributed by atoms with Crippen molar-refractivity contribution < 1.29 is 9.90 Å². The van der Waals surface area contributed by atoms with Crippen LogP contribution in [-0.4, -0.2) is 22.1 Å². The van der Waals surface area contributed by atoms with E-state index >= 15 is 0 Å². The molecule has 0 amide bonds. The first-order valence-electron chi connectivity index (χ1n) is 6.62. The summed E-state index contributed by atoms with van der Waals surface area (Å²) in [5.41, 5.74) is 0.976. The van der Waals surface area contributed by atoms with Gasteiger partial charge in [0.2, 0.25) is 0 Å². The normalized spacial score (nSPS) is 33.8. The van der Waals surface area contributed by atoms with Crippen molar-refractivity contribution in [2.75, 3.05) is 0 Å². The van der Waals surface area contributed by atoms with Crippen LogP contribution in [0, 0.1) is 17.8 Å². The van der Waals surface area contributed by atoms with E-state index in [1.807, 2.05) is 18.2 Å². The number of carboxylic acids is 1. The van der Waals surface area contributed by atoms with Gasteiger partial charge >= 0.3 is 5.97 Å². The zero-order chi connectivity index (χ0) is 12.5. The van der Waals surface area contributed by atoms with Gasteiger partial charge in [-0.1, -0.05) is 6.07 Å². The van der Waals surface area contributed by atoms with Gasteiger partial charge < -0.3 is 10.4 Å². The first-order valence-corrected chi connectivity index (χ1v) is 6.62. The Bertz CT molecular complexity index is 435. The fourth-order valence-corrected chi connectivity index (χ4v) is 3.67. The average molecular weight is 246 g/mol. The highest BCUT2D eigenvalue weighted by molar-refractivity contribution is 5.72. The van der Waals surface area contributed by atoms with Gasteiger partial charge in [-0.2, -0.15) is 0 Å². The Labute approximate surface area is 106 Å². The lowest BCUT2D eigenvalue weighted by Gasteiger charge is -2.28. The Kier molecular flexibility index (Phi) is 3.04. The lowest BCUT2D eigenvalue weighted by molar-refractivity contribution is -0.144. The summed E-state index contributed by atoms with van der Waals surface area (Å²) in [6.45, 7) is 0.665. The van der Waals surface area contributed by atoms with Crippen LogP contribution in [0.4, 0.5) is 0 Å². The molecule has 0 radical (unpaired) electrons. The van der Waals surface area contributed by atoms with Crippen LogP contribution in [0.15, 0.2) is 24.4 Å². The number of fused-ring (bicyclic) bond motifs is 2. The summed E-state index contributed by atoms with van der Waals surface area (Å²) in [5, 5.41) is 12.8. The number of nitrogens with zero attached hydrogens (tertiary/aromatic N) is 1. The summed E-state index contributed by atoms with van der Waals surface area (Å²) in [4.78, 5) is 15.6. The van der Waals surface area contributed by atoms with Crippen molar-refractivity contribution in [3.05, 3.63) is 30.1 Å². The van der Waals surface area contributed by atoms with E-state index in [2.05, 4.69) is 10.3 Å². The SMILES string of the molecule is O=C(O)C1C2CCC(C2)C1NCc1ccccn1. The van der Waals surface area contributed by atoms with E-state index in [9.17, 15) is 9.90 Å². The summed E-state index contributed by atoms with van der Waals surface area (Å²) in [5.74, 6) is 0.0849. The molecule has 0 spiro atoms. The number of aliphatic carboxylic acids is 1. The minimum Gasteiger partial charge on any atom is -0.481 e. The van der Waals surface area contributed by atoms with Gasteiger partial charge in [-0.3, -0.25) is 9.78 Å². The number of pyridine rings is 1. The van der Waals surface area contributed by atoms with Crippen LogP contribution in [0.1, 0.15) is 25.0 Å². The molecule has 1 aromatic heterocycles. The first-order chi connectivity index (χ1) is 8.75. The van der Waals surface area contributed by atoms with Gasteiger partial charge in [0.25, 0.3) is 0 Å². The number of rotatable bonds is 4. The third-order valence-corrected chi connectivity index (χ3v) is 4.45. The Hall–Kier alpha value is -1.42. The maximum absolute atomic E-state index is 11.4. The maximum atomic E-state index is 11.4. The van der Waals surface area contributed by atoms with Crippen molar-refractivity contribution in [1.82, 2.24) is 10.3 Å². The maximum Gasteiger partial charge on any atom is 0.308 e. The molecule has 0 aromatic carbocycles. The van der Waals surface area contributed by atoms with Crippen molar-refractivity contribution in [2.24, 2.45) is 17.8 Å². The molecule has 0 aliphatic heterocycles. The lowest BCUT2D eigenvalue weighted by atomic mass is 9.84. The Morgan fingerprint density at radius 3 is 2.94 bits per heavy atom. The molecule has 2 fully saturated rings. The van der Waals surface area contributed by atoms with Crippen LogP contribution in [-0.2, 0) is 11.3 Å². The van der Waals surface area contributed by atoms with Crippen LogP contribution in [0.3, 0.4) is 0 Å². The van der Waals surface area contributed by atoms with E-state index in [-0.39, 0.29) is 12.0 Å². The molecule has 2 bridgehead atoms. The molecule has 1 aromatic rings. The molecule has 4 unspecified atom stereocenters. The quantitative estimate of drug-likeness (QED) is 0.848. The van der Waals surface area contributed by atoms with Crippen molar-refractivity contribution in [3.63, 3.8) is 0 Å². The highest BCUT2D eigenvalue weighted by atomic mass is 16.4. The van der Waals surface area contributed by atoms with Crippen molar-refractivity contribution >= 4 is 5.97 Å². The third kappa shape index (κ3) is 2.01. The Morgan fingerprint density at radius 2 is 2.22 bits per heavy atom. The zero-order valence-electron chi connectivity index (χ0n) is 10.2. The van der Waals surface area contributed by atoms with E-state index in [1.165, 1.54) is 6.42 Å². The van der Waals surface area contributed by atoms with Crippen LogP contribution < -0.4 is 5.32 Å². The van der Waals surface area contributed by atoms with E-state index < -0.39 is 5.97 Å². The van der Waals surface area contributed by atoms with E-state index in [0.717, 1.165) is 18.5 Å². The highest BCUT2D eigenvalue weighted by Crippen LogP contribution is 2.48. The van der Waals surface area contributed by atoms with Crippen LogP contribution in [0.5, 0.6) is 0 Å². The highest BCUT2D eigenvalue weighted by Gasteiger charge is 2.50. The minimum atomic E-state index is -0.638. The average Bonchev–Trinajstić information content (AvgIpc) is 2.97. The predicted octanol–water partition coefficient (Wildman–Crippen LogP) is 1.67. The molecule has 4 atom stereocenters. The number of carbonyl (C=O) groups is 1. The lowest BCUT2D eigenvalue weighted by Crippen LogP contribution is -2.43. The molecule has 4 heteroatoms. The largest absolute Gasteiger partial charge is 0.481 e. The molecular weight excluding hydrogens is 228 g/mol. The minimum absolute atomic E-state index is 0.128. The third-order valence-electron chi connectivity index (χ3n) is 4.45. The summed E-state index contributed by atoms with van der Waals surface area (Å²) < 4.78 is 0. The molecule has 4 nitrogen and oxygen atoms in total. The summed E-state index contributed by atoms with van der Waals surface area (Å²) in [7, 11) is 0. The van der Waals surface area contributed by atoms with Gasteiger partial charge in [-0.25, -0.2) is 0 Å². The van der Waals surface area contributed by atoms with E-state index in [4.69, 9.17) is 0 Å². The number of hydrogen-bond donors (Lipinski definition) is 2. The molecule has 2 saturated carbocycles. The molecule has 96 valence electrons. The molecule has 18 heavy (non-hydrogen) atoms. The second-order valence-corrected chi connectivity index (χ2v) is 5.42. The zero-order valence-corrected chi connectivity index (χ0v) is 10.2. The standard InChI is InChI=1S/C14H18N2O2/c17-14(18)12-9-4-5-10(7-9)13(12)16-8-11-3-1-2-6-15-11/h1-3,6,9-10,12-13,16H,4-5,7-8H2,(H,17,18). The molecule has 1 heterocycles. The molecular formula is C14H18N2O2. The van der Waals surface area contributed by atoms with E-state index in [1.54, 1.807) is 6.20 Å². The van der Waals surface area contributed by atoms with Gasteiger partial charge in [-0.15, -0.1) is 0 Å². The number of hydrogen-bond acceptors (Lipinski definition) is 3. The Morgan fingerprint density at radius 1 is 1.39 bits per heavy atom. The van der Waals surface area contributed by atoms with Crippen LogP contribution in [0.25, 0.3) is 0 Å². The number of aromatic nitrogens is 1. The topological polar surface area (TPSA) is 62.2 Å². The van der Waals surface area contributed by atoms with E-state index in [0.29, 0.717) is 18.4 Å². The van der Waals surface area contributed by atoms with Crippen LogP contribution >= 0.6 is 0 Å². The van der Waals surface area contributed by atoms with Crippen molar-refractivity contribution in [3.8, 4) is 0 Å². The smallest absolute Gasteiger partial charge is 0.308 e. The molecule has 2 aliphatic carbocycles. The monoisotopic (exact) mass is 246 g/mol. The first kappa shape index (κ1) is 11.7. The van der Waals surface area contributed by atoms with Crippen LogP contribution in [0.2, 0.25) is 0 Å². The fourth-order valence-electron chi connectivity index (χ4n) is 3.67. The van der Waals surface area contributed by atoms with Gasteiger partial charge in [0.15, 0.2) is 0 Å². The summed E-state index contributed by atoms with van der Waals surface area (Å²) >= 11 is 0. The van der Waals surface area contributed by atoms with Gasteiger partial charge in [-0.05, 0) is 43.2 Å². The molecule has 3 rings (SSSR count). The summed E-state index contributed by atoms with van der Waals surface area (Å²) in [6.07, 6.45) is 5.11. The number of carboxylic acid groups (broad SMARTS) is 1. The second kappa shape index (κ2) is 4.69. The van der Waals surface area contributed by atoms with Crippen molar-refractivity contribution in [1.29, 1.82) is 0 Å². The fraction of sp³-hybridized carbons (Fsp3) is 0.571. The predicted molar refractivity (Wildman–Crippen MR) is 66.8 cm³/mol. The van der Waals surface area contributed by atoms with Gasteiger partial charge in [0.05, 0.1) is 11.6 Å². The van der Waals surface area contributed by atoms with Gasteiger partial charge in [0, 0.05) is 18.8 Å².